The number of methoxy groups -OCH3 is 1. The molecule has 0 saturated heterocycles. The van der Waals surface area contributed by atoms with Crippen LogP contribution in [0.25, 0.3) is 5.57 Å². The van der Waals surface area contributed by atoms with Crippen LogP contribution in [0.3, 0.4) is 0 Å². The number of imide groups is 1. The van der Waals surface area contributed by atoms with Crippen LogP contribution >= 0.6 is 0 Å². The van der Waals surface area contributed by atoms with E-state index >= 15 is 0 Å². The number of hydrogen-bond acceptors (Lipinski definition) is 8. The maximum absolute atomic E-state index is 12.7. The van der Waals surface area contributed by atoms with E-state index in [1.165, 1.54) is 25.3 Å². The lowest BCUT2D eigenvalue weighted by Crippen LogP contribution is -2.48. The number of carbonyl (C=O) groups excluding carboxylic acids is 3. The molecule has 0 aromatic heterocycles. The Morgan fingerprint density at radius 1 is 1.30 bits per heavy atom. The molecular weight excluding hydrogens is 396 g/mol. The van der Waals surface area contributed by atoms with Crippen LogP contribution in [0.15, 0.2) is 30.3 Å². The summed E-state index contributed by atoms with van der Waals surface area (Å²) in [5.41, 5.74) is -1.02. The van der Waals surface area contributed by atoms with Crippen LogP contribution in [0.5, 0.6) is 0 Å². The number of benzene rings is 1. The molecule has 30 heavy (non-hydrogen) atoms. The van der Waals surface area contributed by atoms with Gasteiger partial charge in [0.2, 0.25) is 0 Å². The van der Waals surface area contributed by atoms with E-state index in [1.807, 2.05) is 0 Å². The van der Waals surface area contributed by atoms with Crippen LogP contribution in [0.2, 0.25) is 0 Å². The van der Waals surface area contributed by atoms with Crippen molar-refractivity contribution in [2.75, 3.05) is 7.11 Å². The van der Waals surface area contributed by atoms with Gasteiger partial charge in [-0.2, -0.15) is 0 Å². The number of amides is 2. The van der Waals surface area contributed by atoms with Gasteiger partial charge in [0.1, 0.15) is 5.60 Å². The number of hydrogen-bond donors (Lipinski definition) is 1. The molecule has 0 unspecified atom stereocenters. The van der Waals surface area contributed by atoms with Crippen LogP contribution in [0.1, 0.15) is 39.2 Å². The largest absolute Gasteiger partial charge is 0.469 e. The van der Waals surface area contributed by atoms with Crippen molar-refractivity contribution in [1.29, 1.82) is 0 Å². The second-order valence-corrected chi connectivity index (χ2v) is 7.69. The van der Waals surface area contributed by atoms with Crippen molar-refractivity contribution in [3.63, 3.8) is 0 Å². The van der Waals surface area contributed by atoms with Crippen molar-refractivity contribution in [3.8, 4) is 0 Å². The first kappa shape index (κ1) is 23.0. The average molecular weight is 420 g/mol. The summed E-state index contributed by atoms with van der Waals surface area (Å²) < 4.78 is 9.84. The van der Waals surface area contributed by atoms with Gasteiger partial charge in [-0.1, -0.05) is 12.1 Å². The average Bonchev–Trinajstić information content (AvgIpc) is 3.01. The summed E-state index contributed by atoms with van der Waals surface area (Å²) in [7, 11) is 1.19. The fourth-order valence-corrected chi connectivity index (χ4v) is 3.10. The fourth-order valence-electron chi connectivity index (χ4n) is 3.10. The van der Waals surface area contributed by atoms with Gasteiger partial charge in [-0.05, 0) is 38.8 Å². The first-order valence-electron chi connectivity index (χ1n) is 9.22. The van der Waals surface area contributed by atoms with Crippen molar-refractivity contribution in [3.05, 3.63) is 46.0 Å². The lowest BCUT2D eigenvalue weighted by Gasteiger charge is -2.31. The summed E-state index contributed by atoms with van der Waals surface area (Å²) in [5.74, 6) is -1.36. The van der Waals surface area contributed by atoms with Gasteiger partial charge in [0, 0.05) is 18.6 Å². The Hall–Kier alpha value is -3.27. The van der Waals surface area contributed by atoms with E-state index in [9.17, 15) is 29.6 Å². The van der Waals surface area contributed by atoms with Gasteiger partial charge in [0.25, 0.3) is 11.6 Å². The van der Waals surface area contributed by atoms with Crippen LogP contribution in [-0.4, -0.2) is 57.8 Å². The highest BCUT2D eigenvalue weighted by atomic mass is 16.6. The van der Waals surface area contributed by atoms with Gasteiger partial charge in [0.15, 0.2) is 0 Å². The third-order valence-corrected chi connectivity index (χ3v) is 4.35. The predicted octanol–water partition coefficient (Wildman–Crippen LogP) is 2.44. The molecule has 0 spiro atoms. The number of nitrogens with zero attached hydrogens (tertiary/aromatic N) is 2. The normalized spacial score (nSPS) is 17.4. The summed E-state index contributed by atoms with van der Waals surface area (Å²) in [6.07, 6.45) is -1.62. The lowest BCUT2D eigenvalue weighted by molar-refractivity contribution is -0.385. The zero-order valence-electron chi connectivity index (χ0n) is 17.2. The number of aliphatic hydroxyl groups excluding tert-OH is 1. The highest BCUT2D eigenvalue weighted by molar-refractivity contribution is 6.10. The van der Waals surface area contributed by atoms with Crippen molar-refractivity contribution in [1.82, 2.24) is 4.90 Å². The number of para-hydroxylation sites is 1. The van der Waals surface area contributed by atoms with Gasteiger partial charge in [-0.3, -0.25) is 19.7 Å². The minimum atomic E-state index is -1.38. The lowest BCUT2D eigenvalue weighted by atomic mass is 9.92. The molecule has 2 atom stereocenters. The SMILES string of the molecule is COC(=O)CC[C@H](O)[C@H]1C(c2ccccc2[N+](=O)[O-])=CC(=O)N1C(=O)OC(C)(C)C. The van der Waals surface area contributed by atoms with Crippen molar-refractivity contribution < 1.29 is 33.9 Å². The molecule has 1 heterocycles. The molecule has 0 aliphatic carbocycles. The van der Waals surface area contributed by atoms with E-state index in [-0.39, 0.29) is 29.7 Å². The molecule has 1 aliphatic heterocycles. The Bertz CT molecular complexity index is 887. The number of nitro groups is 1. The third kappa shape index (κ3) is 5.20. The Balaban J connectivity index is 2.48. The van der Waals surface area contributed by atoms with Gasteiger partial charge >= 0.3 is 12.1 Å². The molecular formula is C20H24N2O8. The summed E-state index contributed by atoms with van der Waals surface area (Å²) in [4.78, 5) is 48.4. The topological polar surface area (TPSA) is 136 Å². The summed E-state index contributed by atoms with van der Waals surface area (Å²) in [6, 6.07) is 4.43. The van der Waals surface area contributed by atoms with Crippen LogP contribution in [0.4, 0.5) is 10.5 Å². The fraction of sp³-hybridized carbons (Fsp3) is 0.450. The van der Waals surface area contributed by atoms with Crippen LogP contribution < -0.4 is 0 Å². The molecule has 0 fully saturated rings. The zero-order valence-corrected chi connectivity index (χ0v) is 17.2. The number of esters is 1. The van der Waals surface area contributed by atoms with Crippen molar-refractivity contribution in [2.45, 2.75) is 51.4 Å². The van der Waals surface area contributed by atoms with Crippen LogP contribution in [0, 0.1) is 10.1 Å². The minimum absolute atomic E-state index is 0.0871. The molecule has 1 aromatic rings. The molecule has 1 aliphatic rings. The minimum Gasteiger partial charge on any atom is -0.469 e. The molecule has 0 bridgehead atoms. The monoisotopic (exact) mass is 420 g/mol. The van der Waals surface area contributed by atoms with E-state index in [4.69, 9.17) is 4.74 Å². The Labute approximate surface area is 173 Å². The quantitative estimate of drug-likeness (QED) is 0.421. The summed E-state index contributed by atoms with van der Waals surface area (Å²) in [5, 5.41) is 22.2. The maximum atomic E-state index is 12.7. The van der Waals surface area contributed by atoms with Gasteiger partial charge in [-0.25, -0.2) is 9.69 Å². The number of carbonyl (C=O) groups is 3. The molecule has 0 saturated carbocycles. The molecule has 2 rings (SSSR count). The van der Waals surface area contributed by atoms with Gasteiger partial charge in [0.05, 0.1) is 29.7 Å². The van der Waals surface area contributed by atoms with E-state index in [2.05, 4.69) is 4.74 Å². The standard InChI is InChI=1S/C20H24N2O8/c1-20(2,3)30-19(26)21-16(24)11-13(12-7-5-6-8-14(12)22(27)28)18(21)15(23)9-10-17(25)29-4/h5-8,11,15,18,23H,9-10H2,1-4H3/t15-,18+/m0/s1. The van der Waals surface area contributed by atoms with E-state index in [1.54, 1.807) is 26.8 Å². The Morgan fingerprint density at radius 2 is 1.93 bits per heavy atom. The summed E-state index contributed by atoms with van der Waals surface area (Å²) >= 11 is 0. The zero-order chi connectivity index (χ0) is 22.6. The van der Waals surface area contributed by atoms with Crippen molar-refractivity contribution >= 4 is 29.2 Å². The van der Waals surface area contributed by atoms with E-state index < -0.39 is 40.6 Å². The second-order valence-electron chi connectivity index (χ2n) is 7.69. The summed E-state index contributed by atoms with van der Waals surface area (Å²) in [6.45, 7) is 4.85. The molecule has 162 valence electrons. The Kier molecular flexibility index (Phi) is 6.93. The molecule has 1 aromatic carbocycles. The number of rotatable bonds is 6. The number of aliphatic hydroxyl groups is 1. The first-order valence-corrected chi connectivity index (χ1v) is 9.22. The maximum Gasteiger partial charge on any atom is 0.417 e. The third-order valence-electron chi connectivity index (χ3n) is 4.35. The van der Waals surface area contributed by atoms with E-state index in [0.29, 0.717) is 0 Å². The van der Waals surface area contributed by atoms with Crippen LogP contribution in [-0.2, 0) is 19.1 Å². The predicted molar refractivity (Wildman–Crippen MR) is 105 cm³/mol. The molecule has 2 amide bonds. The van der Waals surface area contributed by atoms with Gasteiger partial charge < -0.3 is 14.6 Å². The smallest absolute Gasteiger partial charge is 0.417 e. The molecule has 10 heteroatoms. The molecule has 10 nitrogen and oxygen atoms in total. The highest BCUT2D eigenvalue weighted by Crippen LogP contribution is 2.37. The highest BCUT2D eigenvalue weighted by Gasteiger charge is 2.45. The molecule has 1 N–H and O–H groups in total. The molecule has 0 radical (unpaired) electrons. The van der Waals surface area contributed by atoms with Gasteiger partial charge in [-0.15, -0.1) is 0 Å². The van der Waals surface area contributed by atoms with E-state index in [0.717, 1.165) is 11.0 Å². The number of ether oxygens (including phenoxy) is 2. The Morgan fingerprint density at radius 3 is 2.50 bits per heavy atom. The second kappa shape index (κ2) is 9.04. The van der Waals surface area contributed by atoms with Crippen molar-refractivity contribution in [2.24, 2.45) is 0 Å². The number of nitro benzene ring substituents is 1. The first-order chi connectivity index (χ1) is 14.0.